The first-order valence-corrected chi connectivity index (χ1v) is 11.4. The Kier molecular flexibility index (Phi) is 9.13. The zero-order chi connectivity index (χ0) is 23.1. The fourth-order valence-electron chi connectivity index (χ4n) is 4.97. The lowest BCUT2D eigenvalue weighted by atomic mass is 9.84. The van der Waals surface area contributed by atoms with E-state index >= 15 is 0 Å². The summed E-state index contributed by atoms with van der Waals surface area (Å²) >= 11 is 0. The van der Waals surface area contributed by atoms with E-state index in [0.717, 1.165) is 30.6 Å². The Bertz CT molecular complexity index is 668. The van der Waals surface area contributed by atoms with Gasteiger partial charge in [-0.3, -0.25) is 9.69 Å². The number of rotatable bonds is 9. The Hall–Kier alpha value is -2.32. The molecule has 0 aromatic heterocycles. The monoisotopic (exact) mass is 440 g/mol. The van der Waals surface area contributed by atoms with Gasteiger partial charge in [-0.1, -0.05) is 26.2 Å². The second-order valence-corrected chi connectivity index (χ2v) is 8.29. The van der Waals surface area contributed by atoms with Gasteiger partial charge in [0.2, 0.25) is 5.91 Å². The number of carboxylic acids is 1. The molecule has 1 N–H and O–H groups in total. The minimum atomic E-state index is -1.05. The number of hydrogen-bond acceptors (Lipinski definition) is 6. The van der Waals surface area contributed by atoms with Gasteiger partial charge in [0.1, 0.15) is 18.1 Å². The minimum absolute atomic E-state index is 0.0874. The minimum Gasteiger partial charge on any atom is -0.480 e. The quantitative estimate of drug-likeness (QED) is 0.548. The highest BCUT2D eigenvalue weighted by Crippen LogP contribution is 2.40. The molecule has 0 aromatic carbocycles. The summed E-state index contributed by atoms with van der Waals surface area (Å²) < 4.78 is 10.3. The van der Waals surface area contributed by atoms with Gasteiger partial charge in [-0.25, -0.2) is 14.4 Å². The van der Waals surface area contributed by atoms with Crippen molar-refractivity contribution in [3.8, 4) is 0 Å². The molecule has 2 rings (SSSR count). The maximum atomic E-state index is 13.6. The molecular weight excluding hydrogens is 404 g/mol. The Morgan fingerprint density at radius 3 is 2.29 bits per heavy atom. The number of nitrogens with zero attached hydrogens (tertiary/aromatic N) is 2. The molecule has 0 radical (unpaired) electrons. The molecule has 9 nitrogen and oxygen atoms in total. The number of esters is 1. The molecule has 9 heteroatoms. The van der Waals surface area contributed by atoms with Gasteiger partial charge in [-0.2, -0.15) is 0 Å². The number of aliphatic carboxylic acids is 1. The molecule has 31 heavy (non-hydrogen) atoms. The van der Waals surface area contributed by atoms with Crippen molar-refractivity contribution < 1.29 is 33.8 Å². The standard InChI is InChI=1S/C22H36N2O7/c1-5-10-17(21(28)30-6-2)23(22(29)31-7-3)14(4)19(25)24-16-12-9-8-11-15(16)13-18(24)20(26)27/h14-18H,5-13H2,1-4H3,(H,26,27)/t14-,15-,16-,17-,18-/m0/s1. The third kappa shape index (κ3) is 5.49. The third-order valence-electron chi connectivity index (χ3n) is 6.34. The van der Waals surface area contributed by atoms with E-state index in [1.807, 2.05) is 6.92 Å². The van der Waals surface area contributed by atoms with Crippen molar-refractivity contribution in [2.24, 2.45) is 5.92 Å². The normalized spacial score (nSPS) is 24.6. The lowest BCUT2D eigenvalue weighted by Gasteiger charge is -2.39. The number of carbonyl (C=O) groups excluding carboxylic acids is 3. The van der Waals surface area contributed by atoms with Crippen molar-refractivity contribution in [2.45, 2.75) is 96.8 Å². The number of ether oxygens (including phenoxy) is 2. The molecule has 0 aromatic rings. The molecule has 0 bridgehead atoms. The highest BCUT2D eigenvalue weighted by atomic mass is 16.6. The number of carbonyl (C=O) groups is 4. The summed E-state index contributed by atoms with van der Waals surface area (Å²) in [5, 5.41) is 9.77. The van der Waals surface area contributed by atoms with Crippen LogP contribution in [0.15, 0.2) is 0 Å². The summed E-state index contributed by atoms with van der Waals surface area (Å²) in [5.74, 6) is -1.93. The summed E-state index contributed by atoms with van der Waals surface area (Å²) in [6.45, 7) is 6.97. The fraction of sp³-hybridized carbons (Fsp3) is 0.818. The highest BCUT2D eigenvalue weighted by Gasteiger charge is 2.50. The Labute approximate surface area is 184 Å². The van der Waals surface area contributed by atoms with Crippen LogP contribution < -0.4 is 0 Å². The lowest BCUT2D eigenvalue weighted by Crippen LogP contribution is -2.59. The van der Waals surface area contributed by atoms with Crippen LogP contribution in [0.5, 0.6) is 0 Å². The van der Waals surface area contributed by atoms with Gasteiger partial charge in [-0.05, 0) is 52.4 Å². The van der Waals surface area contributed by atoms with Crippen molar-refractivity contribution in [1.29, 1.82) is 0 Å². The molecule has 2 fully saturated rings. The van der Waals surface area contributed by atoms with Crippen molar-refractivity contribution >= 4 is 23.9 Å². The van der Waals surface area contributed by atoms with E-state index in [4.69, 9.17) is 9.47 Å². The smallest absolute Gasteiger partial charge is 0.411 e. The van der Waals surface area contributed by atoms with Gasteiger partial charge in [0.25, 0.3) is 0 Å². The van der Waals surface area contributed by atoms with Crippen LogP contribution in [0.2, 0.25) is 0 Å². The number of hydrogen-bond donors (Lipinski definition) is 1. The van der Waals surface area contributed by atoms with E-state index in [9.17, 15) is 24.3 Å². The zero-order valence-electron chi connectivity index (χ0n) is 19.0. The molecule has 1 saturated heterocycles. The first-order chi connectivity index (χ1) is 14.8. The SMILES string of the molecule is CCC[C@@H](C(=O)OCC)N(C(=O)OCC)[C@@H](C)C(=O)N1[C@H](C(=O)O)C[C@@H]2CCCC[C@@H]21. The summed E-state index contributed by atoms with van der Waals surface area (Å²) in [7, 11) is 0. The average Bonchev–Trinajstić information content (AvgIpc) is 3.13. The van der Waals surface area contributed by atoms with Crippen LogP contribution in [0.25, 0.3) is 0 Å². The molecule has 2 amide bonds. The van der Waals surface area contributed by atoms with Gasteiger partial charge < -0.3 is 19.5 Å². The zero-order valence-corrected chi connectivity index (χ0v) is 19.0. The van der Waals surface area contributed by atoms with Crippen LogP contribution in [0, 0.1) is 5.92 Å². The maximum absolute atomic E-state index is 13.6. The van der Waals surface area contributed by atoms with Gasteiger partial charge in [0, 0.05) is 6.04 Å². The predicted octanol–water partition coefficient (Wildman–Crippen LogP) is 2.81. The topological polar surface area (TPSA) is 113 Å². The molecule has 5 atom stereocenters. The molecule has 1 saturated carbocycles. The number of likely N-dealkylation sites (tertiary alicyclic amines) is 1. The molecule has 176 valence electrons. The van der Waals surface area contributed by atoms with Crippen LogP contribution in [-0.4, -0.2) is 76.2 Å². The van der Waals surface area contributed by atoms with E-state index < -0.39 is 42.1 Å². The maximum Gasteiger partial charge on any atom is 0.411 e. The lowest BCUT2D eigenvalue weighted by molar-refractivity contribution is -0.156. The van der Waals surface area contributed by atoms with Crippen LogP contribution in [-0.2, 0) is 23.9 Å². The van der Waals surface area contributed by atoms with Crippen molar-refractivity contribution in [1.82, 2.24) is 9.80 Å². The molecule has 1 aliphatic carbocycles. The summed E-state index contributed by atoms with van der Waals surface area (Å²) in [5.41, 5.74) is 0. The van der Waals surface area contributed by atoms with Gasteiger partial charge in [0.05, 0.1) is 13.2 Å². The summed E-state index contributed by atoms with van der Waals surface area (Å²) in [4.78, 5) is 53.6. The van der Waals surface area contributed by atoms with Crippen molar-refractivity contribution in [3.05, 3.63) is 0 Å². The van der Waals surface area contributed by atoms with Crippen LogP contribution >= 0.6 is 0 Å². The van der Waals surface area contributed by atoms with Gasteiger partial charge in [-0.15, -0.1) is 0 Å². The molecule has 2 aliphatic rings. The first kappa shape index (κ1) is 24.9. The van der Waals surface area contributed by atoms with Crippen LogP contribution in [0.4, 0.5) is 4.79 Å². The van der Waals surface area contributed by atoms with E-state index in [1.165, 1.54) is 11.8 Å². The Morgan fingerprint density at radius 2 is 1.71 bits per heavy atom. The number of fused-ring (bicyclic) bond motifs is 1. The highest BCUT2D eigenvalue weighted by molar-refractivity contribution is 5.92. The average molecular weight is 441 g/mol. The second kappa shape index (κ2) is 11.3. The summed E-state index contributed by atoms with van der Waals surface area (Å²) in [6.07, 6.45) is 4.17. The summed E-state index contributed by atoms with van der Waals surface area (Å²) in [6, 6.07) is -3.10. The largest absolute Gasteiger partial charge is 0.480 e. The van der Waals surface area contributed by atoms with Crippen LogP contribution in [0.1, 0.15) is 72.6 Å². The van der Waals surface area contributed by atoms with E-state index in [1.54, 1.807) is 13.8 Å². The Balaban J connectivity index is 2.38. The number of amides is 2. The predicted molar refractivity (Wildman–Crippen MR) is 112 cm³/mol. The van der Waals surface area contributed by atoms with E-state index in [0.29, 0.717) is 19.3 Å². The van der Waals surface area contributed by atoms with Gasteiger partial charge >= 0.3 is 18.0 Å². The third-order valence-corrected chi connectivity index (χ3v) is 6.34. The number of carboxylic acid groups (broad SMARTS) is 1. The Morgan fingerprint density at radius 1 is 1.06 bits per heavy atom. The van der Waals surface area contributed by atoms with E-state index in [2.05, 4.69) is 0 Å². The van der Waals surface area contributed by atoms with Gasteiger partial charge in [0.15, 0.2) is 0 Å². The molecule has 1 heterocycles. The van der Waals surface area contributed by atoms with Crippen molar-refractivity contribution in [2.75, 3.05) is 13.2 Å². The molecule has 1 aliphatic heterocycles. The van der Waals surface area contributed by atoms with E-state index in [-0.39, 0.29) is 25.2 Å². The molecule has 0 unspecified atom stereocenters. The molecule has 0 spiro atoms. The first-order valence-electron chi connectivity index (χ1n) is 11.4. The van der Waals surface area contributed by atoms with Crippen LogP contribution in [0.3, 0.4) is 0 Å². The second-order valence-electron chi connectivity index (χ2n) is 8.29. The molecular formula is C22H36N2O7. The fourth-order valence-corrected chi connectivity index (χ4v) is 4.97. The van der Waals surface area contributed by atoms with Crippen molar-refractivity contribution in [3.63, 3.8) is 0 Å².